The Kier molecular flexibility index (Phi) is 5.64. The summed E-state index contributed by atoms with van der Waals surface area (Å²) < 4.78 is 38.9. The van der Waals surface area contributed by atoms with Crippen molar-refractivity contribution in [2.24, 2.45) is 11.8 Å². The number of aromatic carboxylic acids is 1. The predicted octanol–water partition coefficient (Wildman–Crippen LogP) is 7.51. The molecule has 2 aliphatic rings. The quantitative estimate of drug-likeness (QED) is 0.305. The number of benzene rings is 4. The van der Waals surface area contributed by atoms with E-state index >= 15 is 0 Å². The lowest BCUT2D eigenvalue weighted by atomic mass is 9.92. The largest absolute Gasteiger partial charge is 0.478 e. The maximum Gasteiger partial charge on any atom is 0.416 e. The molecule has 1 heterocycles. The molecular formula is C31H24F3NO2. The molecule has 186 valence electrons. The van der Waals surface area contributed by atoms with Crippen molar-refractivity contribution in [3.05, 3.63) is 102 Å². The second-order valence-corrected chi connectivity index (χ2v) is 9.90. The van der Waals surface area contributed by atoms with Gasteiger partial charge in [0.15, 0.2) is 0 Å². The van der Waals surface area contributed by atoms with E-state index < -0.39 is 17.7 Å². The number of rotatable bonds is 4. The van der Waals surface area contributed by atoms with Gasteiger partial charge >= 0.3 is 12.1 Å². The van der Waals surface area contributed by atoms with Crippen molar-refractivity contribution < 1.29 is 23.1 Å². The molecule has 2 N–H and O–H groups in total. The van der Waals surface area contributed by atoms with E-state index in [4.69, 9.17) is 0 Å². The summed E-state index contributed by atoms with van der Waals surface area (Å²) in [6.07, 6.45) is -0.947. The summed E-state index contributed by atoms with van der Waals surface area (Å²) in [4.78, 5) is 11.9. The first-order valence-electron chi connectivity index (χ1n) is 12.3. The van der Waals surface area contributed by atoms with Crippen LogP contribution in [-0.4, -0.2) is 24.2 Å². The van der Waals surface area contributed by atoms with Crippen molar-refractivity contribution in [2.45, 2.75) is 12.6 Å². The Morgan fingerprint density at radius 1 is 0.811 bits per heavy atom. The topological polar surface area (TPSA) is 49.3 Å². The van der Waals surface area contributed by atoms with E-state index in [2.05, 4.69) is 23.5 Å². The highest BCUT2D eigenvalue weighted by molar-refractivity contribution is 6.04. The number of carbonyl (C=O) groups is 1. The molecular weight excluding hydrogens is 475 g/mol. The van der Waals surface area contributed by atoms with E-state index in [-0.39, 0.29) is 5.56 Å². The van der Waals surface area contributed by atoms with Gasteiger partial charge in [-0.15, -0.1) is 0 Å². The van der Waals surface area contributed by atoms with Gasteiger partial charge in [-0.05, 0) is 99.3 Å². The smallest absolute Gasteiger partial charge is 0.416 e. The molecule has 0 saturated carbocycles. The van der Waals surface area contributed by atoms with Gasteiger partial charge < -0.3 is 10.4 Å². The van der Waals surface area contributed by atoms with Crippen molar-refractivity contribution in [3.8, 4) is 22.3 Å². The third-order valence-corrected chi connectivity index (χ3v) is 7.60. The summed E-state index contributed by atoms with van der Waals surface area (Å²) in [5.74, 6) is 0.241. The fraction of sp³-hybridized carbons (Fsp3) is 0.194. The number of nitrogens with one attached hydrogen (secondary N) is 1. The molecule has 0 radical (unpaired) electrons. The number of hydrogen-bond donors (Lipinski definition) is 2. The first-order chi connectivity index (χ1) is 17.8. The normalized spacial score (nSPS) is 19.2. The highest BCUT2D eigenvalue weighted by Crippen LogP contribution is 2.40. The molecule has 1 saturated heterocycles. The monoisotopic (exact) mass is 499 g/mol. The van der Waals surface area contributed by atoms with Crippen molar-refractivity contribution in [3.63, 3.8) is 0 Å². The van der Waals surface area contributed by atoms with Gasteiger partial charge in [-0.3, -0.25) is 0 Å². The average Bonchev–Trinajstić information content (AvgIpc) is 3.50. The zero-order valence-electron chi connectivity index (χ0n) is 19.8. The van der Waals surface area contributed by atoms with E-state index in [9.17, 15) is 23.1 Å². The third kappa shape index (κ3) is 4.42. The molecule has 1 aliphatic carbocycles. The summed E-state index contributed by atoms with van der Waals surface area (Å²) in [6, 6.07) is 22.2. The maximum atomic E-state index is 13.0. The lowest BCUT2D eigenvalue weighted by molar-refractivity contribution is -0.137. The molecule has 1 aliphatic heterocycles. The third-order valence-electron chi connectivity index (χ3n) is 7.60. The van der Waals surface area contributed by atoms with Crippen LogP contribution in [0.3, 0.4) is 0 Å². The summed E-state index contributed by atoms with van der Waals surface area (Å²) in [5, 5.41) is 14.8. The first kappa shape index (κ1) is 23.5. The van der Waals surface area contributed by atoms with Crippen LogP contribution in [0.2, 0.25) is 0 Å². The summed E-state index contributed by atoms with van der Waals surface area (Å²) in [5.41, 5.74) is 5.10. The molecule has 0 spiro atoms. The van der Waals surface area contributed by atoms with Gasteiger partial charge in [-0.25, -0.2) is 4.79 Å². The van der Waals surface area contributed by atoms with Crippen LogP contribution in [0.1, 0.15) is 27.9 Å². The Balaban J connectivity index is 1.37. The maximum absolute atomic E-state index is 13.0. The Hall–Kier alpha value is -3.90. The van der Waals surface area contributed by atoms with Crippen molar-refractivity contribution in [2.75, 3.05) is 13.1 Å². The minimum absolute atomic E-state index is 0.162. The molecule has 6 heteroatoms. The molecule has 4 aromatic rings. The molecule has 3 nitrogen and oxygen atoms in total. The van der Waals surface area contributed by atoms with E-state index in [0.717, 1.165) is 59.1 Å². The molecule has 0 amide bonds. The van der Waals surface area contributed by atoms with E-state index in [0.29, 0.717) is 17.4 Å². The van der Waals surface area contributed by atoms with Crippen LogP contribution in [0, 0.1) is 11.8 Å². The summed E-state index contributed by atoms with van der Waals surface area (Å²) in [6.45, 7) is 2.10. The van der Waals surface area contributed by atoms with Crippen LogP contribution in [0.4, 0.5) is 13.2 Å². The minimum atomic E-state index is -4.40. The van der Waals surface area contributed by atoms with E-state index in [1.165, 1.54) is 23.3 Å². The zero-order valence-corrected chi connectivity index (χ0v) is 19.8. The lowest BCUT2D eigenvalue weighted by Crippen LogP contribution is -2.09. The minimum Gasteiger partial charge on any atom is -0.478 e. The molecule has 37 heavy (non-hydrogen) atoms. The number of alkyl halides is 3. The molecule has 0 bridgehead atoms. The van der Waals surface area contributed by atoms with Gasteiger partial charge in [-0.1, -0.05) is 54.6 Å². The molecule has 0 aromatic heterocycles. The number of halogens is 3. The van der Waals surface area contributed by atoms with E-state index in [1.54, 1.807) is 12.1 Å². The van der Waals surface area contributed by atoms with E-state index in [1.807, 2.05) is 30.3 Å². The van der Waals surface area contributed by atoms with Crippen molar-refractivity contribution in [1.82, 2.24) is 5.32 Å². The Bertz CT molecular complexity index is 1540. The van der Waals surface area contributed by atoms with Gasteiger partial charge in [0.1, 0.15) is 0 Å². The summed E-state index contributed by atoms with van der Waals surface area (Å²) in [7, 11) is 0. The highest BCUT2D eigenvalue weighted by Gasteiger charge is 2.32. The predicted molar refractivity (Wildman–Crippen MR) is 139 cm³/mol. The number of carboxylic acids is 1. The Morgan fingerprint density at radius 3 is 2.16 bits per heavy atom. The highest BCUT2D eigenvalue weighted by atomic mass is 19.4. The standard InChI is InChI=1S/C31H24F3NO2/c32-31(33,34)27-8-5-18(6-9-27)21-7-10-28-23(11-21)14-24(30(36)37)15-29(28)20-3-1-19(2-4-20)22-12-25-16-35-17-26(25)13-22/h1-12,14-15,25-26,35H,13,16-17H2,(H,36,37)/t25-,26-/m0/s1. The molecule has 1 fully saturated rings. The summed E-state index contributed by atoms with van der Waals surface area (Å²) >= 11 is 0. The molecule has 4 aromatic carbocycles. The van der Waals surface area contributed by atoms with Gasteiger partial charge in [0, 0.05) is 6.54 Å². The second kappa shape index (κ2) is 8.89. The SMILES string of the molecule is O=C(O)c1cc(-c2ccc(C3=C[C@H]4CNC[C@@H]4C3)cc2)c2ccc(-c3ccc(C(F)(F)F)cc3)cc2c1. The fourth-order valence-electron chi connectivity index (χ4n) is 5.62. The average molecular weight is 500 g/mol. The van der Waals surface area contributed by atoms with Gasteiger partial charge in [0.2, 0.25) is 0 Å². The first-order valence-corrected chi connectivity index (χ1v) is 12.3. The van der Waals surface area contributed by atoms with Crippen molar-refractivity contribution in [1.29, 1.82) is 0 Å². The Morgan fingerprint density at radius 2 is 1.49 bits per heavy atom. The van der Waals surface area contributed by atoms with Crippen LogP contribution < -0.4 is 5.32 Å². The molecule has 0 unspecified atom stereocenters. The second-order valence-electron chi connectivity index (χ2n) is 9.90. The van der Waals surface area contributed by atoms with Gasteiger partial charge in [0.05, 0.1) is 11.1 Å². The Labute approximate surface area is 212 Å². The van der Waals surface area contributed by atoms with Crippen LogP contribution >= 0.6 is 0 Å². The lowest BCUT2D eigenvalue weighted by Gasteiger charge is -2.13. The van der Waals surface area contributed by atoms with Crippen LogP contribution in [0.15, 0.2) is 84.9 Å². The van der Waals surface area contributed by atoms with Gasteiger partial charge in [-0.2, -0.15) is 13.2 Å². The number of allylic oxidation sites excluding steroid dienone is 1. The number of hydrogen-bond acceptors (Lipinski definition) is 2. The zero-order chi connectivity index (χ0) is 25.7. The number of carboxylic acid groups (broad SMARTS) is 1. The number of fused-ring (bicyclic) bond motifs is 2. The fourth-order valence-corrected chi connectivity index (χ4v) is 5.62. The van der Waals surface area contributed by atoms with Crippen molar-refractivity contribution >= 4 is 22.3 Å². The molecule has 2 atom stereocenters. The molecule has 6 rings (SSSR count). The van der Waals surface area contributed by atoms with Crippen LogP contribution in [0.5, 0.6) is 0 Å². The van der Waals surface area contributed by atoms with Crippen LogP contribution in [-0.2, 0) is 6.18 Å². The van der Waals surface area contributed by atoms with Gasteiger partial charge in [0.25, 0.3) is 0 Å². The van der Waals surface area contributed by atoms with Crippen LogP contribution in [0.25, 0.3) is 38.6 Å².